The van der Waals surface area contributed by atoms with Gasteiger partial charge in [-0.1, -0.05) is 0 Å². The SMILES string of the molecule is Cc1cc(N(C)C)nc(N2CC(O)CC3(CCN(C(=O)c4ccnnc4)CC3)C2)n1.O=CO. The van der Waals surface area contributed by atoms with Gasteiger partial charge in [-0.25, -0.2) is 4.98 Å². The second kappa shape index (κ2) is 10.5. The highest BCUT2D eigenvalue weighted by Crippen LogP contribution is 2.41. The quantitative estimate of drug-likeness (QED) is 0.638. The summed E-state index contributed by atoms with van der Waals surface area (Å²) in [6, 6.07) is 3.65. The zero-order valence-electron chi connectivity index (χ0n) is 19.3. The summed E-state index contributed by atoms with van der Waals surface area (Å²) in [6.07, 6.45) is 5.05. The monoisotopic (exact) mass is 457 g/mol. The number of aliphatic hydroxyl groups is 1. The van der Waals surface area contributed by atoms with Crippen molar-refractivity contribution in [3.63, 3.8) is 0 Å². The molecule has 2 fully saturated rings. The van der Waals surface area contributed by atoms with Crippen LogP contribution in [-0.2, 0) is 4.79 Å². The molecule has 0 aromatic carbocycles. The molecule has 178 valence electrons. The van der Waals surface area contributed by atoms with Gasteiger partial charge < -0.3 is 24.9 Å². The minimum atomic E-state index is -0.433. The van der Waals surface area contributed by atoms with Crippen molar-refractivity contribution < 1.29 is 19.8 Å². The molecule has 0 aliphatic carbocycles. The smallest absolute Gasteiger partial charge is 0.290 e. The fourth-order valence-electron chi connectivity index (χ4n) is 4.56. The molecule has 2 aromatic rings. The van der Waals surface area contributed by atoms with Crippen molar-refractivity contribution >= 4 is 24.1 Å². The average molecular weight is 458 g/mol. The fourth-order valence-corrected chi connectivity index (χ4v) is 4.56. The average Bonchev–Trinajstić information content (AvgIpc) is 2.79. The minimum Gasteiger partial charge on any atom is -0.483 e. The Morgan fingerprint density at radius 3 is 2.55 bits per heavy atom. The van der Waals surface area contributed by atoms with Crippen molar-refractivity contribution in [1.82, 2.24) is 25.1 Å². The maximum Gasteiger partial charge on any atom is 0.290 e. The molecule has 2 aliphatic heterocycles. The van der Waals surface area contributed by atoms with E-state index in [2.05, 4.69) is 20.1 Å². The Morgan fingerprint density at radius 2 is 1.94 bits per heavy atom. The van der Waals surface area contributed by atoms with Crippen LogP contribution in [0.5, 0.6) is 0 Å². The molecule has 11 nitrogen and oxygen atoms in total. The van der Waals surface area contributed by atoms with Gasteiger partial charge in [-0.15, -0.1) is 0 Å². The van der Waals surface area contributed by atoms with Gasteiger partial charge in [-0.2, -0.15) is 15.2 Å². The molecule has 33 heavy (non-hydrogen) atoms. The molecular weight excluding hydrogens is 426 g/mol. The lowest BCUT2D eigenvalue weighted by atomic mass is 9.71. The normalized spacial score (nSPS) is 19.5. The third-order valence-corrected chi connectivity index (χ3v) is 6.14. The van der Waals surface area contributed by atoms with E-state index in [1.807, 2.05) is 36.9 Å². The van der Waals surface area contributed by atoms with Crippen LogP contribution in [-0.4, -0.2) is 94.0 Å². The number of aromatic nitrogens is 4. The molecule has 2 aromatic heterocycles. The molecule has 0 saturated carbocycles. The summed E-state index contributed by atoms with van der Waals surface area (Å²) in [4.78, 5) is 36.4. The molecule has 11 heteroatoms. The molecule has 2 saturated heterocycles. The summed E-state index contributed by atoms with van der Waals surface area (Å²) in [7, 11) is 3.92. The Kier molecular flexibility index (Phi) is 7.75. The Balaban J connectivity index is 0.000000968. The van der Waals surface area contributed by atoms with Gasteiger partial charge >= 0.3 is 0 Å². The molecule has 0 bridgehead atoms. The number of nitrogens with zero attached hydrogens (tertiary/aromatic N) is 7. The van der Waals surface area contributed by atoms with Crippen LogP contribution in [0.3, 0.4) is 0 Å². The van der Waals surface area contributed by atoms with Crippen molar-refractivity contribution in [2.75, 3.05) is 50.1 Å². The van der Waals surface area contributed by atoms with E-state index in [1.165, 1.54) is 12.4 Å². The van der Waals surface area contributed by atoms with Gasteiger partial charge in [0.1, 0.15) is 5.82 Å². The van der Waals surface area contributed by atoms with Crippen LogP contribution in [0.1, 0.15) is 35.3 Å². The molecule has 0 radical (unpaired) electrons. The summed E-state index contributed by atoms with van der Waals surface area (Å²) in [5.41, 5.74) is 1.43. The number of carbonyl (C=O) groups is 2. The van der Waals surface area contributed by atoms with Gasteiger partial charge in [0.25, 0.3) is 12.4 Å². The lowest BCUT2D eigenvalue weighted by Gasteiger charge is -2.49. The molecule has 4 rings (SSSR count). The molecular formula is C22H31N7O4. The lowest BCUT2D eigenvalue weighted by Crippen LogP contribution is -2.55. The summed E-state index contributed by atoms with van der Waals surface area (Å²) in [5.74, 6) is 1.52. The van der Waals surface area contributed by atoms with Gasteiger partial charge in [0, 0.05) is 52.0 Å². The first-order chi connectivity index (χ1) is 15.8. The number of carboxylic acid groups (broad SMARTS) is 1. The zero-order valence-corrected chi connectivity index (χ0v) is 19.3. The van der Waals surface area contributed by atoms with Crippen LogP contribution in [0.15, 0.2) is 24.5 Å². The molecule has 1 unspecified atom stereocenters. The maximum atomic E-state index is 12.7. The first-order valence-corrected chi connectivity index (χ1v) is 10.9. The number of carbonyl (C=O) groups excluding carboxylic acids is 1. The second-order valence-corrected chi connectivity index (χ2v) is 8.83. The molecule has 4 heterocycles. The van der Waals surface area contributed by atoms with Crippen LogP contribution in [0.4, 0.5) is 11.8 Å². The highest BCUT2D eigenvalue weighted by atomic mass is 16.3. The first-order valence-electron chi connectivity index (χ1n) is 10.9. The van der Waals surface area contributed by atoms with Crippen molar-refractivity contribution in [3.05, 3.63) is 35.8 Å². The Morgan fingerprint density at radius 1 is 1.24 bits per heavy atom. The zero-order chi connectivity index (χ0) is 24.0. The Bertz CT molecular complexity index is 949. The number of β-amino-alcohol motifs (C(OH)–C–C–N with tert-alkyl or cyclic N) is 1. The van der Waals surface area contributed by atoms with E-state index < -0.39 is 6.10 Å². The van der Waals surface area contributed by atoms with Crippen LogP contribution >= 0.6 is 0 Å². The van der Waals surface area contributed by atoms with E-state index in [4.69, 9.17) is 14.9 Å². The topological polar surface area (TPSA) is 136 Å². The third-order valence-electron chi connectivity index (χ3n) is 6.14. The Hall–Kier alpha value is -3.34. The summed E-state index contributed by atoms with van der Waals surface area (Å²) >= 11 is 0. The highest BCUT2D eigenvalue weighted by molar-refractivity contribution is 5.93. The van der Waals surface area contributed by atoms with Crippen LogP contribution < -0.4 is 9.80 Å². The fraction of sp³-hybridized carbons (Fsp3) is 0.545. The minimum absolute atomic E-state index is 0.00870. The lowest BCUT2D eigenvalue weighted by molar-refractivity contribution is -0.122. The number of piperidine rings is 2. The van der Waals surface area contributed by atoms with Gasteiger partial charge in [-0.05, 0) is 37.7 Å². The second-order valence-electron chi connectivity index (χ2n) is 8.83. The number of aliphatic hydroxyl groups excluding tert-OH is 1. The van der Waals surface area contributed by atoms with E-state index >= 15 is 0 Å². The van der Waals surface area contributed by atoms with E-state index in [0.717, 1.165) is 37.3 Å². The van der Waals surface area contributed by atoms with E-state index in [9.17, 15) is 9.90 Å². The van der Waals surface area contributed by atoms with Gasteiger partial charge in [0.15, 0.2) is 0 Å². The molecule has 2 N–H and O–H groups in total. The van der Waals surface area contributed by atoms with Crippen LogP contribution in [0.2, 0.25) is 0 Å². The number of aryl methyl sites for hydroxylation is 1. The number of amides is 1. The van der Waals surface area contributed by atoms with Crippen molar-refractivity contribution in [2.45, 2.75) is 32.3 Å². The molecule has 2 aliphatic rings. The first kappa shape index (κ1) is 24.3. The Labute approximate surface area is 193 Å². The van der Waals surface area contributed by atoms with Crippen LogP contribution in [0, 0.1) is 12.3 Å². The van der Waals surface area contributed by atoms with Crippen molar-refractivity contribution in [3.8, 4) is 0 Å². The highest BCUT2D eigenvalue weighted by Gasteiger charge is 2.43. The predicted octanol–water partition coefficient (Wildman–Crippen LogP) is 0.835. The summed E-state index contributed by atoms with van der Waals surface area (Å²) in [5, 5.41) is 25.1. The number of hydrogen-bond donors (Lipinski definition) is 2. The summed E-state index contributed by atoms with van der Waals surface area (Å²) < 4.78 is 0. The van der Waals surface area contributed by atoms with E-state index in [0.29, 0.717) is 31.1 Å². The van der Waals surface area contributed by atoms with Gasteiger partial charge in [-0.3, -0.25) is 9.59 Å². The van der Waals surface area contributed by atoms with E-state index in [1.54, 1.807) is 6.07 Å². The standard InChI is InChI=1S/C21H29N7O2.CH2O2/c1-15-10-18(26(2)3)25-20(24-15)28-13-17(29)11-21(14-28)5-8-27(9-6-21)19(30)16-4-7-22-23-12-16;2-1-3/h4,7,10,12,17,29H,5-6,8-9,11,13-14H2,1-3H3;1H,(H,2,3). The third kappa shape index (κ3) is 5.92. The molecule has 1 spiro atoms. The molecule has 1 atom stereocenters. The summed E-state index contributed by atoms with van der Waals surface area (Å²) in [6.45, 7) is 4.37. The van der Waals surface area contributed by atoms with E-state index in [-0.39, 0.29) is 17.8 Å². The molecule has 1 amide bonds. The number of likely N-dealkylation sites (tertiary alicyclic amines) is 1. The number of anilines is 2. The van der Waals surface area contributed by atoms with Gasteiger partial charge in [0.2, 0.25) is 5.95 Å². The largest absolute Gasteiger partial charge is 0.483 e. The number of hydrogen-bond acceptors (Lipinski definition) is 9. The van der Waals surface area contributed by atoms with Crippen molar-refractivity contribution in [1.29, 1.82) is 0 Å². The number of rotatable bonds is 3. The van der Waals surface area contributed by atoms with Gasteiger partial charge in [0.05, 0.1) is 24.1 Å². The maximum absolute atomic E-state index is 12.7. The van der Waals surface area contributed by atoms with Crippen LogP contribution in [0.25, 0.3) is 0 Å². The van der Waals surface area contributed by atoms with Crippen molar-refractivity contribution in [2.24, 2.45) is 5.41 Å². The predicted molar refractivity (Wildman–Crippen MR) is 122 cm³/mol.